The highest BCUT2D eigenvalue weighted by Crippen LogP contribution is 2.32. The summed E-state index contributed by atoms with van der Waals surface area (Å²) in [6, 6.07) is 12.9. The molecule has 0 bridgehead atoms. The molecule has 1 heterocycles. The Balaban J connectivity index is 1.55. The second-order valence-electron chi connectivity index (χ2n) is 6.31. The van der Waals surface area contributed by atoms with Gasteiger partial charge in [0.05, 0.1) is 13.2 Å². The van der Waals surface area contributed by atoms with Crippen molar-refractivity contribution < 1.29 is 19.0 Å². The van der Waals surface area contributed by atoms with Crippen molar-refractivity contribution in [1.82, 2.24) is 4.90 Å². The fraction of sp³-hybridized carbons (Fsp3) is 0.333. The van der Waals surface area contributed by atoms with Crippen LogP contribution in [0, 0.1) is 0 Å². The second-order valence-corrected chi connectivity index (χ2v) is 6.70. The van der Waals surface area contributed by atoms with Crippen molar-refractivity contribution in [3.8, 4) is 17.2 Å². The van der Waals surface area contributed by atoms with Gasteiger partial charge in [0.2, 0.25) is 5.91 Å². The highest BCUT2D eigenvalue weighted by molar-refractivity contribution is 7.80. The van der Waals surface area contributed by atoms with Gasteiger partial charge in [-0.15, -0.1) is 0 Å². The maximum Gasteiger partial charge on any atom is 0.243 e. The lowest BCUT2D eigenvalue weighted by Crippen LogP contribution is -2.40. The lowest BCUT2D eigenvalue weighted by molar-refractivity contribution is -0.116. The number of rotatable bonds is 7. The Morgan fingerprint density at radius 3 is 2.41 bits per heavy atom. The highest BCUT2D eigenvalue weighted by Gasteiger charge is 2.15. The van der Waals surface area contributed by atoms with E-state index in [0.29, 0.717) is 48.7 Å². The van der Waals surface area contributed by atoms with Crippen molar-refractivity contribution in [2.45, 2.75) is 13.8 Å². The Morgan fingerprint density at radius 2 is 1.72 bits per heavy atom. The molecule has 0 fully saturated rings. The van der Waals surface area contributed by atoms with Crippen LogP contribution in [0.3, 0.4) is 0 Å². The predicted molar refractivity (Wildman–Crippen MR) is 117 cm³/mol. The number of ether oxygens (including phenoxy) is 3. The number of hydrogen-bond acceptors (Lipinski definition) is 5. The number of carbonyl (C=O) groups is 1. The quantitative estimate of drug-likeness (QED) is 0.671. The van der Waals surface area contributed by atoms with E-state index < -0.39 is 0 Å². The zero-order valence-corrected chi connectivity index (χ0v) is 17.4. The molecule has 0 aliphatic carbocycles. The van der Waals surface area contributed by atoms with Crippen molar-refractivity contribution in [2.24, 2.45) is 0 Å². The molecule has 0 spiro atoms. The van der Waals surface area contributed by atoms with E-state index >= 15 is 0 Å². The van der Waals surface area contributed by atoms with E-state index in [1.165, 1.54) is 0 Å². The first-order valence-electron chi connectivity index (χ1n) is 9.57. The summed E-state index contributed by atoms with van der Waals surface area (Å²) in [4.78, 5) is 14.3. The zero-order chi connectivity index (χ0) is 20.6. The van der Waals surface area contributed by atoms with E-state index in [1.807, 2.05) is 38.1 Å². The van der Waals surface area contributed by atoms with Crippen LogP contribution in [0.2, 0.25) is 0 Å². The first-order valence-corrected chi connectivity index (χ1v) is 9.98. The van der Waals surface area contributed by atoms with Gasteiger partial charge in [0.15, 0.2) is 16.6 Å². The van der Waals surface area contributed by atoms with Gasteiger partial charge in [0.1, 0.15) is 19.0 Å². The third-order valence-corrected chi connectivity index (χ3v) is 4.61. The Hall–Kier alpha value is -3.00. The van der Waals surface area contributed by atoms with Crippen molar-refractivity contribution in [2.75, 3.05) is 43.5 Å². The number of fused-ring (bicyclic) bond motifs is 1. The minimum Gasteiger partial charge on any atom is -0.494 e. The van der Waals surface area contributed by atoms with Crippen LogP contribution < -0.4 is 24.8 Å². The molecule has 2 N–H and O–H groups in total. The largest absolute Gasteiger partial charge is 0.494 e. The molecule has 7 nitrogen and oxygen atoms in total. The minimum atomic E-state index is -0.167. The Morgan fingerprint density at radius 1 is 1.03 bits per heavy atom. The van der Waals surface area contributed by atoms with Crippen LogP contribution in [0.5, 0.6) is 17.2 Å². The van der Waals surface area contributed by atoms with Gasteiger partial charge in [0, 0.05) is 24.0 Å². The molecule has 1 amide bonds. The van der Waals surface area contributed by atoms with E-state index in [-0.39, 0.29) is 12.5 Å². The van der Waals surface area contributed by atoms with Gasteiger partial charge < -0.3 is 29.7 Å². The summed E-state index contributed by atoms with van der Waals surface area (Å²) in [5, 5.41) is 6.52. The molecule has 29 heavy (non-hydrogen) atoms. The summed E-state index contributed by atoms with van der Waals surface area (Å²) >= 11 is 5.47. The molecule has 0 aromatic heterocycles. The topological polar surface area (TPSA) is 72.1 Å². The predicted octanol–water partition coefficient (Wildman–Crippen LogP) is 3.51. The fourth-order valence-electron chi connectivity index (χ4n) is 2.83. The molecule has 0 atom stereocenters. The number of nitrogens with zero attached hydrogens (tertiary/aromatic N) is 1. The molecule has 0 saturated heterocycles. The first-order chi connectivity index (χ1) is 14.1. The number of likely N-dealkylation sites (N-methyl/N-ethyl adjacent to an activating group) is 1. The average Bonchev–Trinajstić information content (AvgIpc) is 2.73. The standard InChI is InChI=1S/C21H25N3O4S/c1-3-24(21(29)23-15-5-8-17(9-6-15)26-4-2)14-20(25)22-16-7-10-18-19(13-16)28-12-11-27-18/h5-10,13H,3-4,11-12,14H2,1-2H3,(H,22,25)(H,23,29). The summed E-state index contributed by atoms with van der Waals surface area (Å²) in [5.41, 5.74) is 1.49. The van der Waals surface area contributed by atoms with E-state index in [0.717, 1.165) is 11.4 Å². The number of nitrogens with one attached hydrogen (secondary N) is 2. The third-order valence-electron chi connectivity index (χ3n) is 4.25. The van der Waals surface area contributed by atoms with Crippen molar-refractivity contribution in [1.29, 1.82) is 0 Å². The normalized spacial score (nSPS) is 12.1. The maximum atomic E-state index is 12.5. The van der Waals surface area contributed by atoms with Crippen LogP contribution in [-0.2, 0) is 4.79 Å². The van der Waals surface area contributed by atoms with Gasteiger partial charge in [-0.1, -0.05) is 0 Å². The lowest BCUT2D eigenvalue weighted by Gasteiger charge is -2.24. The van der Waals surface area contributed by atoms with Crippen LogP contribution in [-0.4, -0.2) is 48.8 Å². The smallest absolute Gasteiger partial charge is 0.243 e. The van der Waals surface area contributed by atoms with Crippen LogP contribution in [0.15, 0.2) is 42.5 Å². The number of hydrogen-bond donors (Lipinski definition) is 2. The maximum absolute atomic E-state index is 12.5. The molecule has 3 rings (SSSR count). The molecule has 1 aliphatic rings. The van der Waals surface area contributed by atoms with E-state index in [1.54, 1.807) is 23.1 Å². The molecule has 2 aromatic carbocycles. The molecule has 1 aliphatic heterocycles. The van der Waals surface area contributed by atoms with Crippen LogP contribution in [0.4, 0.5) is 11.4 Å². The zero-order valence-electron chi connectivity index (χ0n) is 16.6. The Labute approximate surface area is 175 Å². The monoisotopic (exact) mass is 415 g/mol. The molecule has 2 aromatic rings. The van der Waals surface area contributed by atoms with Gasteiger partial charge in [0.25, 0.3) is 0 Å². The molecular formula is C21H25N3O4S. The fourth-order valence-corrected chi connectivity index (χ4v) is 3.14. The van der Waals surface area contributed by atoms with Crippen molar-refractivity contribution >= 4 is 34.6 Å². The summed E-state index contributed by atoms with van der Waals surface area (Å²) in [6.07, 6.45) is 0. The Kier molecular flexibility index (Phi) is 7.13. The van der Waals surface area contributed by atoms with Gasteiger partial charge in [-0.25, -0.2) is 0 Å². The van der Waals surface area contributed by atoms with Gasteiger partial charge in [-0.3, -0.25) is 4.79 Å². The summed E-state index contributed by atoms with van der Waals surface area (Å²) in [6.45, 7) is 6.26. The molecular weight excluding hydrogens is 390 g/mol. The minimum absolute atomic E-state index is 0.133. The average molecular weight is 416 g/mol. The number of carbonyl (C=O) groups excluding carboxylic acids is 1. The SMILES string of the molecule is CCOc1ccc(NC(=S)N(CC)CC(=O)Nc2ccc3c(c2)OCCO3)cc1. The van der Waals surface area contributed by atoms with Crippen LogP contribution in [0.25, 0.3) is 0 Å². The summed E-state index contributed by atoms with van der Waals surface area (Å²) < 4.78 is 16.5. The summed E-state index contributed by atoms with van der Waals surface area (Å²) in [7, 11) is 0. The first kappa shape index (κ1) is 20.7. The van der Waals surface area contributed by atoms with Gasteiger partial charge in [-0.05, 0) is 62.5 Å². The molecule has 0 radical (unpaired) electrons. The summed E-state index contributed by atoms with van der Waals surface area (Å²) in [5.74, 6) is 1.95. The molecule has 8 heteroatoms. The van der Waals surface area contributed by atoms with E-state index in [9.17, 15) is 4.79 Å². The number of thiocarbonyl (C=S) groups is 1. The number of amides is 1. The van der Waals surface area contributed by atoms with Crippen LogP contribution >= 0.6 is 12.2 Å². The molecule has 0 unspecified atom stereocenters. The van der Waals surface area contributed by atoms with Crippen molar-refractivity contribution in [3.63, 3.8) is 0 Å². The highest BCUT2D eigenvalue weighted by atomic mass is 32.1. The lowest BCUT2D eigenvalue weighted by atomic mass is 10.2. The van der Waals surface area contributed by atoms with Crippen molar-refractivity contribution in [3.05, 3.63) is 42.5 Å². The number of benzene rings is 2. The second kappa shape index (κ2) is 9.97. The van der Waals surface area contributed by atoms with E-state index in [2.05, 4.69) is 10.6 Å². The van der Waals surface area contributed by atoms with E-state index in [4.69, 9.17) is 26.4 Å². The van der Waals surface area contributed by atoms with Gasteiger partial charge in [-0.2, -0.15) is 0 Å². The van der Waals surface area contributed by atoms with Crippen LogP contribution in [0.1, 0.15) is 13.8 Å². The third kappa shape index (κ3) is 5.74. The van der Waals surface area contributed by atoms with Gasteiger partial charge >= 0.3 is 0 Å². The molecule has 0 saturated carbocycles. The number of anilines is 2. The molecule has 154 valence electrons. The Bertz CT molecular complexity index is 858.